The van der Waals surface area contributed by atoms with Crippen molar-refractivity contribution in [2.45, 2.75) is 23.9 Å². The SMILES string of the molecule is CSc1cccc(NC(=O)CSc2nnnn2-c2ccc(C)c(C)c2)c1. The summed E-state index contributed by atoms with van der Waals surface area (Å²) in [6.45, 7) is 4.11. The summed E-state index contributed by atoms with van der Waals surface area (Å²) in [5.74, 6) is 0.136. The number of aryl methyl sites for hydroxylation is 2. The molecule has 134 valence electrons. The molecule has 0 aliphatic heterocycles. The summed E-state index contributed by atoms with van der Waals surface area (Å²) in [4.78, 5) is 13.3. The zero-order valence-electron chi connectivity index (χ0n) is 14.8. The first-order valence-electron chi connectivity index (χ1n) is 7.99. The van der Waals surface area contributed by atoms with Crippen LogP contribution >= 0.6 is 23.5 Å². The van der Waals surface area contributed by atoms with Crippen molar-refractivity contribution in [2.75, 3.05) is 17.3 Å². The molecule has 0 aliphatic rings. The maximum Gasteiger partial charge on any atom is 0.234 e. The molecule has 0 unspecified atom stereocenters. The molecule has 0 saturated carbocycles. The number of benzene rings is 2. The normalized spacial score (nSPS) is 10.7. The molecule has 3 aromatic rings. The number of anilines is 1. The van der Waals surface area contributed by atoms with Gasteiger partial charge in [0.25, 0.3) is 0 Å². The molecule has 6 nitrogen and oxygen atoms in total. The Morgan fingerprint density at radius 2 is 2.00 bits per heavy atom. The van der Waals surface area contributed by atoms with Gasteiger partial charge in [0.1, 0.15) is 0 Å². The first-order valence-corrected chi connectivity index (χ1v) is 10.2. The van der Waals surface area contributed by atoms with E-state index in [4.69, 9.17) is 0 Å². The number of hydrogen-bond acceptors (Lipinski definition) is 6. The molecule has 2 aromatic carbocycles. The van der Waals surface area contributed by atoms with Crippen LogP contribution in [0.5, 0.6) is 0 Å². The maximum absolute atomic E-state index is 12.2. The summed E-state index contributed by atoms with van der Waals surface area (Å²) in [5.41, 5.74) is 4.05. The summed E-state index contributed by atoms with van der Waals surface area (Å²) in [5, 5.41) is 15.3. The Kier molecular flexibility index (Phi) is 5.95. The molecule has 26 heavy (non-hydrogen) atoms. The van der Waals surface area contributed by atoms with Crippen LogP contribution in [0.25, 0.3) is 5.69 Å². The Labute approximate surface area is 160 Å². The van der Waals surface area contributed by atoms with E-state index in [1.807, 2.05) is 55.6 Å². The molecule has 0 fully saturated rings. The van der Waals surface area contributed by atoms with Gasteiger partial charge in [-0.15, -0.1) is 16.9 Å². The van der Waals surface area contributed by atoms with Crippen LogP contribution in [0.3, 0.4) is 0 Å². The number of aromatic nitrogens is 4. The van der Waals surface area contributed by atoms with E-state index in [9.17, 15) is 4.79 Å². The largest absolute Gasteiger partial charge is 0.325 e. The van der Waals surface area contributed by atoms with Gasteiger partial charge in [-0.2, -0.15) is 4.68 Å². The number of rotatable bonds is 6. The highest BCUT2D eigenvalue weighted by Gasteiger charge is 2.12. The lowest BCUT2D eigenvalue weighted by atomic mass is 10.1. The number of amides is 1. The van der Waals surface area contributed by atoms with Crippen molar-refractivity contribution in [3.05, 3.63) is 53.6 Å². The smallest absolute Gasteiger partial charge is 0.234 e. The molecule has 1 N–H and O–H groups in total. The van der Waals surface area contributed by atoms with Crippen molar-refractivity contribution in [1.29, 1.82) is 0 Å². The van der Waals surface area contributed by atoms with E-state index in [1.165, 1.54) is 22.9 Å². The number of hydrogen-bond donors (Lipinski definition) is 1. The molecule has 1 heterocycles. The number of tetrazole rings is 1. The molecule has 0 saturated heterocycles. The lowest BCUT2D eigenvalue weighted by Gasteiger charge is -2.08. The van der Waals surface area contributed by atoms with Crippen molar-refractivity contribution in [3.8, 4) is 5.69 Å². The topological polar surface area (TPSA) is 72.7 Å². The molecule has 0 radical (unpaired) electrons. The Balaban J connectivity index is 1.66. The van der Waals surface area contributed by atoms with Crippen molar-refractivity contribution >= 4 is 35.1 Å². The number of thioether (sulfide) groups is 2. The summed E-state index contributed by atoms with van der Waals surface area (Å²) in [7, 11) is 0. The highest BCUT2D eigenvalue weighted by atomic mass is 32.2. The van der Waals surface area contributed by atoms with Gasteiger partial charge in [0.15, 0.2) is 0 Å². The standard InChI is InChI=1S/C18H19N5OS2/c1-12-7-8-15(9-13(12)2)23-18(20-21-22-23)26-11-17(24)19-14-5-4-6-16(10-14)25-3/h4-10H,11H2,1-3H3,(H,19,24). The fourth-order valence-electron chi connectivity index (χ4n) is 2.32. The molecule has 0 spiro atoms. The Hall–Kier alpha value is -2.32. The summed E-state index contributed by atoms with van der Waals surface area (Å²) in [6, 6.07) is 13.8. The van der Waals surface area contributed by atoms with Crippen LogP contribution in [0, 0.1) is 13.8 Å². The molecular weight excluding hydrogens is 366 g/mol. The van der Waals surface area contributed by atoms with Crippen LogP contribution in [0.1, 0.15) is 11.1 Å². The van der Waals surface area contributed by atoms with E-state index in [0.717, 1.165) is 16.3 Å². The molecule has 0 bridgehead atoms. The molecule has 1 amide bonds. The lowest BCUT2D eigenvalue weighted by Crippen LogP contribution is -2.14. The first-order chi connectivity index (χ1) is 12.6. The van der Waals surface area contributed by atoms with Crippen LogP contribution in [0.4, 0.5) is 5.69 Å². The number of nitrogens with zero attached hydrogens (tertiary/aromatic N) is 4. The second-order valence-corrected chi connectivity index (χ2v) is 7.53. The molecule has 3 rings (SSSR count). The van der Waals surface area contributed by atoms with Crippen LogP contribution in [0.15, 0.2) is 52.5 Å². The van der Waals surface area contributed by atoms with Gasteiger partial charge in [0, 0.05) is 10.6 Å². The van der Waals surface area contributed by atoms with Gasteiger partial charge in [-0.05, 0) is 72.0 Å². The second kappa shape index (κ2) is 8.37. The van der Waals surface area contributed by atoms with Crippen molar-refractivity contribution < 1.29 is 4.79 Å². The van der Waals surface area contributed by atoms with Crippen LogP contribution in [-0.2, 0) is 4.79 Å². The minimum atomic E-state index is -0.0945. The quantitative estimate of drug-likeness (QED) is 0.652. The summed E-state index contributed by atoms with van der Waals surface area (Å²) in [6.07, 6.45) is 2.00. The highest BCUT2D eigenvalue weighted by molar-refractivity contribution is 7.99. The van der Waals surface area contributed by atoms with Gasteiger partial charge in [-0.25, -0.2) is 0 Å². The van der Waals surface area contributed by atoms with Crippen LogP contribution < -0.4 is 5.32 Å². The van der Waals surface area contributed by atoms with E-state index < -0.39 is 0 Å². The third-order valence-corrected chi connectivity index (χ3v) is 5.51. The minimum Gasteiger partial charge on any atom is -0.325 e. The maximum atomic E-state index is 12.2. The average Bonchev–Trinajstić information content (AvgIpc) is 3.11. The predicted molar refractivity (Wildman–Crippen MR) is 106 cm³/mol. The molecule has 8 heteroatoms. The van der Waals surface area contributed by atoms with Gasteiger partial charge >= 0.3 is 0 Å². The minimum absolute atomic E-state index is 0.0945. The van der Waals surface area contributed by atoms with Crippen molar-refractivity contribution in [2.24, 2.45) is 0 Å². The van der Waals surface area contributed by atoms with Crippen molar-refractivity contribution in [3.63, 3.8) is 0 Å². The second-order valence-electron chi connectivity index (χ2n) is 5.71. The lowest BCUT2D eigenvalue weighted by molar-refractivity contribution is -0.113. The zero-order chi connectivity index (χ0) is 18.5. The molecule has 0 atom stereocenters. The number of nitrogens with one attached hydrogen (secondary N) is 1. The fourth-order valence-corrected chi connectivity index (χ4v) is 3.47. The van der Waals surface area contributed by atoms with E-state index >= 15 is 0 Å². The summed E-state index contributed by atoms with van der Waals surface area (Å²) >= 11 is 2.94. The van der Waals surface area contributed by atoms with Gasteiger partial charge in [0.05, 0.1) is 11.4 Å². The monoisotopic (exact) mass is 385 g/mol. The van der Waals surface area contributed by atoms with Crippen LogP contribution in [-0.4, -0.2) is 38.1 Å². The highest BCUT2D eigenvalue weighted by Crippen LogP contribution is 2.22. The zero-order valence-corrected chi connectivity index (χ0v) is 16.4. The first kappa shape index (κ1) is 18.5. The fraction of sp³-hybridized carbons (Fsp3) is 0.222. The number of carbonyl (C=O) groups is 1. The third-order valence-electron chi connectivity index (χ3n) is 3.86. The van der Waals surface area contributed by atoms with Crippen LogP contribution in [0.2, 0.25) is 0 Å². The van der Waals surface area contributed by atoms with Gasteiger partial charge in [-0.1, -0.05) is 23.9 Å². The van der Waals surface area contributed by atoms with Gasteiger partial charge in [-0.3, -0.25) is 4.79 Å². The van der Waals surface area contributed by atoms with Gasteiger partial charge in [0.2, 0.25) is 11.1 Å². The Morgan fingerprint density at radius 3 is 2.77 bits per heavy atom. The van der Waals surface area contributed by atoms with Crippen molar-refractivity contribution in [1.82, 2.24) is 20.2 Å². The van der Waals surface area contributed by atoms with E-state index in [2.05, 4.69) is 27.8 Å². The average molecular weight is 386 g/mol. The van der Waals surface area contributed by atoms with Gasteiger partial charge < -0.3 is 5.32 Å². The van der Waals surface area contributed by atoms with E-state index in [1.54, 1.807) is 16.4 Å². The van der Waals surface area contributed by atoms with E-state index in [0.29, 0.717) is 5.16 Å². The Bertz CT molecular complexity index is 925. The third kappa shape index (κ3) is 4.44. The molecular formula is C18H19N5OS2. The molecule has 0 aliphatic carbocycles. The number of carbonyl (C=O) groups excluding carboxylic acids is 1. The van der Waals surface area contributed by atoms with E-state index in [-0.39, 0.29) is 11.7 Å². The molecule has 1 aromatic heterocycles. The summed E-state index contributed by atoms with van der Waals surface area (Å²) < 4.78 is 1.65. The predicted octanol–water partition coefficient (Wildman–Crippen LogP) is 3.73. The Morgan fingerprint density at radius 1 is 1.15 bits per heavy atom.